The molecule has 0 unspecified atom stereocenters. The Bertz CT molecular complexity index is 1260. The van der Waals surface area contributed by atoms with Crippen LogP contribution in [0.25, 0.3) is 6.08 Å². The number of carbonyl (C=O) groups is 2. The number of rotatable bonds is 10. The molecule has 1 fully saturated rings. The predicted octanol–water partition coefficient (Wildman–Crippen LogP) is 7.54. The van der Waals surface area contributed by atoms with E-state index in [2.05, 4.69) is 57.3 Å². The maximum absolute atomic E-state index is 13.0. The summed E-state index contributed by atoms with van der Waals surface area (Å²) >= 11 is 5.48. The van der Waals surface area contributed by atoms with Gasteiger partial charge in [-0.15, -0.1) is 0 Å². The third-order valence-electron chi connectivity index (χ3n) is 5.49. The fourth-order valence-corrected chi connectivity index (χ4v) is 5.75. The average Bonchev–Trinajstić information content (AvgIpc) is 3.13. The van der Waals surface area contributed by atoms with E-state index in [-0.39, 0.29) is 11.1 Å². The van der Waals surface area contributed by atoms with Gasteiger partial charge in [0.25, 0.3) is 11.1 Å². The van der Waals surface area contributed by atoms with Gasteiger partial charge in [0.1, 0.15) is 6.61 Å². The minimum absolute atomic E-state index is 0.225. The summed E-state index contributed by atoms with van der Waals surface area (Å²) in [4.78, 5) is 27.3. The number of hydrogen-bond donors (Lipinski definition) is 0. The molecule has 1 heterocycles. The van der Waals surface area contributed by atoms with Gasteiger partial charge in [0.05, 0.1) is 15.1 Å². The lowest BCUT2D eigenvalue weighted by atomic mass is 10.1. The number of ether oxygens (including phenoxy) is 2. The molecule has 2 amide bonds. The van der Waals surface area contributed by atoms with Gasteiger partial charge in [-0.2, -0.15) is 0 Å². The van der Waals surface area contributed by atoms with Gasteiger partial charge in [-0.3, -0.25) is 14.5 Å². The fourth-order valence-electron chi connectivity index (χ4n) is 3.74. The van der Waals surface area contributed by atoms with Gasteiger partial charge in [-0.1, -0.05) is 42.5 Å². The van der Waals surface area contributed by atoms with Crippen molar-refractivity contribution in [3.05, 3.63) is 95.5 Å². The van der Waals surface area contributed by atoms with E-state index in [0.29, 0.717) is 36.2 Å². The van der Waals surface area contributed by atoms with E-state index in [1.54, 1.807) is 6.08 Å². The van der Waals surface area contributed by atoms with Crippen LogP contribution >= 0.6 is 56.9 Å². The Hall–Kier alpha value is -2.05. The van der Waals surface area contributed by atoms with Crippen LogP contribution in [0.1, 0.15) is 30.0 Å². The first-order chi connectivity index (χ1) is 17.4. The first-order valence-electron chi connectivity index (χ1n) is 11.6. The van der Waals surface area contributed by atoms with Gasteiger partial charge >= 0.3 is 0 Å². The van der Waals surface area contributed by atoms with E-state index >= 15 is 0 Å². The molecule has 1 aliphatic heterocycles. The lowest BCUT2D eigenvalue weighted by Crippen LogP contribution is -2.29. The van der Waals surface area contributed by atoms with Crippen molar-refractivity contribution in [3.8, 4) is 11.5 Å². The summed E-state index contributed by atoms with van der Waals surface area (Å²) in [6, 6.07) is 22.1. The zero-order valence-electron chi connectivity index (χ0n) is 19.7. The fraction of sp³-hybridized carbons (Fsp3) is 0.214. The molecule has 0 N–H and O–H groups in total. The molecular weight excluding hydrogens is 700 g/mol. The van der Waals surface area contributed by atoms with Crippen molar-refractivity contribution in [2.45, 2.75) is 26.4 Å². The Labute approximate surface area is 242 Å². The minimum Gasteiger partial charge on any atom is -0.490 e. The molecule has 0 aromatic heterocycles. The van der Waals surface area contributed by atoms with Crippen LogP contribution in [-0.4, -0.2) is 29.2 Å². The third-order valence-corrected chi connectivity index (χ3v) is 7.92. The third kappa shape index (κ3) is 7.04. The lowest BCUT2D eigenvalue weighted by Gasteiger charge is -2.15. The van der Waals surface area contributed by atoms with Crippen LogP contribution in [0.15, 0.2) is 71.6 Å². The largest absolute Gasteiger partial charge is 0.490 e. The molecule has 186 valence electrons. The summed E-state index contributed by atoms with van der Waals surface area (Å²) in [5, 5.41) is -0.225. The second-order valence-corrected chi connectivity index (χ2v) is 11.5. The number of halogens is 2. The molecule has 5 nitrogen and oxygen atoms in total. The molecule has 1 saturated heterocycles. The van der Waals surface area contributed by atoms with Crippen LogP contribution in [0.4, 0.5) is 4.79 Å². The zero-order chi connectivity index (χ0) is 25.5. The summed E-state index contributed by atoms with van der Waals surface area (Å²) in [5.41, 5.74) is 3.06. The summed E-state index contributed by atoms with van der Waals surface area (Å²) in [6.07, 6.45) is 3.31. The van der Waals surface area contributed by atoms with Crippen molar-refractivity contribution < 1.29 is 19.1 Å². The average molecular weight is 725 g/mol. The maximum atomic E-state index is 13.0. The number of benzene rings is 3. The van der Waals surface area contributed by atoms with E-state index in [1.165, 1.54) is 14.0 Å². The van der Waals surface area contributed by atoms with Crippen LogP contribution in [0, 0.1) is 7.14 Å². The molecule has 0 aliphatic carbocycles. The smallest absolute Gasteiger partial charge is 0.293 e. The van der Waals surface area contributed by atoms with Crippen LogP contribution in [0.5, 0.6) is 11.5 Å². The van der Waals surface area contributed by atoms with Crippen molar-refractivity contribution >= 4 is 74.2 Å². The lowest BCUT2D eigenvalue weighted by molar-refractivity contribution is -0.122. The van der Waals surface area contributed by atoms with E-state index in [9.17, 15) is 9.59 Å². The van der Waals surface area contributed by atoms with E-state index < -0.39 is 0 Å². The predicted molar refractivity (Wildman–Crippen MR) is 161 cm³/mol. The van der Waals surface area contributed by atoms with Gasteiger partial charge in [0.15, 0.2) is 11.5 Å². The van der Waals surface area contributed by atoms with Crippen molar-refractivity contribution in [1.82, 2.24) is 4.90 Å². The Balaban J connectivity index is 1.46. The number of carbonyl (C=O) groups excluding carboxylic acids is 2. The van der Waals surface area contributed by atoms with Gasteiger partial charge in [0, 0.05) is 10.1 Å². The Morgan fingerprint density at radius 3 is 2.42 bits per heavy atom. The highest BCUT2D eigenvalue weighted by Gasteiger charge is 2.34. The highest BCUT2D eigenvalue weighted by atomic mass is 127. The highest BCUT2D eigenvalue weighted by Crippen LogP contribution is 2.38. The second kappa shape index (κ2) is 13.0. The molecule has 3 aromatic rings. The molecule has 0 atom stereocenters. The summed E-state index contributed by atoms with van der Waals surface area (Å²) in [7, 11) is 0. The van der Waals surface area contributed by atoms with Crippen LogP contribution < -0.4 is 9.47 Å². The van der Waals surface area contributed by atoms with Crippen molar-refractivity contribution in [2.24, 2.45) is 0 Å². The molecule has 0 bridgehead atoms. The van der Waals surface area contributed by atoms with Crippen molar-refractivity contribution in [1.29, 1.82) is 0 Å². The number of amides is 2. The minimum atomic E-state index is -0.245. The highest BCUT2D eigenvalue weighted by molar-refractivity contribution is 14.1. The molecular formula is C28H25I2NO4S. The van der Waals surface area contributed by atoms with Crippen LogP contribution in [-0.2, 0) is 17.8 Å². The molecule has 0 spiro atoms. The normalized spacial score (nSPS) is 14.5. The summed E-state index contributed by atoms with van der Waals surface area (Å²) in [5.74, 6) is 1.04. The molecule has 0 radical (unpaired) electrons. The van der Waals surface area contributed by atoms with Crippen molar-refractivity contribution in [2.75, 3.05) is 13.2 Å². The Kier molecular flexibility index (Phi) is 9.72. The van der Waals surface area contributed by atoms with Crippen LogP contribution in [0.3, 0.4) is 0 Å². The Morgan fingerprint density at radius 2 is 1.69 bits per heavy atom. The first kappa shape index (κ1) is 27.0. The topological polar surface area (TPSA) is 55.8 Å². The van der Waals surface area contributed by atoms with Crippen molar-refractivity contribution in [3.63, 3.8) is 0 Å². The van der Waals surface area contributed by atoms with E-state index in [4.69, 9.17) is 9.47 Å². The molecule has 1 aliphatic rings. The van der Waals surface area contributed by atoms with Gasteiger partial charge < -0.3 is 9.47 Å². The van der Waals surface area contributed by atoms with Gasteiger partial charge in [-0.05, 0) is 124 Å². The molecule has 36 heavy (non-hydrogen) atoms. The standard InChI is InChI=1S/C28H25I2NO4S/c1-2-34-24-16-21(15-23(30)26(24)35-18-20-10-12-22(29)13-11-20)17-25-27(32)31(28(33)36-25)14-6-9-19-7-4-3-5-8-19/h3-5,7-8,10-13,15-17H,2,6,9,14,18H2,1H3/b25-17+. The number of aryl methyl sites for hydroxylation is 1. The molecule has 4 rings (SSSR count). The maximum Gasteiger partial charge on any atom is 0.293 e. The molecule has 0 saturated carbocycles. The molecule has 8 heteroatoms. The first-order valence-corrected chi connectivity index (χ1v) is 14.5. The zero-order valence-corrected chi connectivity index (χ0v) is 24.8. The van der Waals surface area contributed by atoms with E-state index in [0.717, 1.165) is 39.3 Å². The quantitative estimate of drug-likeness (QED) is 0.160. The number of thioether (sulfide) groups is 1. The SMILES string of the molecule is CCOc1cc(/C=C2/SC(=O)N(CCCc3ccccc3)C2=O)cc(I)c1OCc1ccc(I)cc1. The summed E-state index contributed by atoms with van der Waals surface area (Å²) in [6.45, 7) is 3.23. The summed E-state index contributed by atoms with van der Waals surface area (Å²) < 4.78 is 14.0. The number of imide groups is 1. The number of hydrogen-bond acceptors (Lipinski definition) is 5. The second-order valence-electron chi connectivity index (χ2n) is 8.10. The number of nitrogens with zero attached hydrogens (tertiary/aromatic N) is 1. The van der Waals surface area contributed by atoms with E-state index in [1.807, 2.05) is 61.5 Å². The Morgan fingerprint density at radius 1 is 0.944 bits per heavy atom. The monoisotopic (exact) mass is 725 g/mol. The van der Waals surface area contributed by atoms with Crippen LogP contribution in [0.2, 0.25) is 0 Å². The van der Waals surface area contributed by atoms with Gasteiger partial charge in [0.2, 0.25) is 0 Å². The molecule has 3 aromatic carbocycles. The van der Waals surface area contributed by atoms with Gasteiger partial charge in [-0.25, -0.2) is 0 Å².